The Morgan fingerprint density at radius 3 is 0.873 bits per heavy atom. The van der Waals surface area contributed by atoms with Gasteiger partial charge in [-0.1, -0.05) is 301 Å². The number of hydrogen-bond acceptors (Lipinski definition) is 3. The van der Waals surface area contributed by atoms with Gasteiger partial charge in [0, 0.05) is 6.42 Å². The van der Waals surface area contributed by atoms with Crippen LogP contribution in [0.2, 0.25) is 0 Å². The molecule has 4 heteroatoms. The van der Waals surface area contributed by atoms with E-state index in [0.29, 0.717) is 6.42 Å². The van der Waals surface area contributed by atoms with Gasteiger partial charge in [-0.2, -0.15) is 0 Å². The largest absolute Gasteiger partial charge is 0.394 e. The van der Waals surface area contributed by atoms with Crippen LogP contribution in [0.4, 0.5) is 0 Å². The maximum Gasteiger partial charge on any atom is 0.220 e. The first-order chi connectivity index (χ1) is 31.2. The number of nitrogens with one attached hydrogen (secondary N) is 1. The molecule has 0 aromatic rings. The lowest BCUT2D eigenvalue weighted by Gasteiger charge is -2.20. The SMILES string of the molecule is CCCCCCCCCC/C=C\CCCCCCCCCCCCCCCCCCCCCCCCCCCC(=O)NC(CO)C(O)/C=C/CCCCCCCCCCCCCC. The summed E-state index contributed by atoms with van der Waals surface area (Å²) in [5.41, 5.74) is 0. The van der Waals surface area contributed by atoms with Crippen LogP contribution in [0.3, 0.4) is 0 Å². The van der Waals surface area contributed by atoms with Crippen molar-refractivity contribution in [2.75, 3.05) is 6.61 Å². The normalized spacial score (nSPS) is 12.9. The van der Waals surface area contributed by atoms with Crippen molar-refractivity contribution in [2.45, 2.75) is 341 Å². The van der Waals surface area contributed by atoms with Crippen LogP contribution in [-0.2, 0) is 4.79 Å². The first kappa shape index (κ1) is 61.9. The van der Waals surface area contributed by atoms with E-state index in [1.165, 1.54) is 283 Å². The summed E-state index contributed by atoms with van der Waals surface area (Å²) >= 11 is 0. The molecule has 0 bridgehead atoms. The molecule has 0 fully saturated rings. The Bertz CT molecular complexity index is 916. The highest BCUT2D eigenvalue weighted by Gasteiger charge is 2.18. The molecule has 3 N–H and O–H groups in total. The van der Waals surface area contributed by atoms with Gasteiger partial charge in [0.2, 0.25) is 5.91 Å². The number of allylic oxidation sites excluding steroid dienone is 3. The molecule has 0 aromatic heterocycles. The summed E-state index contributed by atoms with van der Waals surface area (Å²) in [6, 6.07) is -0.618. The highest BCUT2D eigenvalue weighted by Crippen LogP contribution is 2.18. The van der Waals surface area contributed by atoms with Crippen LogP contribution < -0.4 is 5.32 Å². The van der Waals surface area contributed by atoms with E-state index in [9.17, 15) is 15.0 Å². The van der Waals surface area contributed by atoms with Crippen LogP contribution in [0.5, 0.6) is 0 Å². The fourth-order valence-electron chi connectivity index (χ4n) is 9.24. The Balaban J connectivity index is 3.37. The fraction of sp³-hybridized carbons (Fsp3) is 0.915. The van der Waals surface area contributed by atoms with E-state index in [2.05, 4.69) is 31.3 Å². The molecular formula is C59H115NO3. The third-order valence-corrected chi connectivity index (χ3v) is 13.7. The second-order valence-corrected chi connectivity index (χ2v) is 20.1. The van der Waals surface area contributed by atoms with Gasteiger partial charge in [0.15, 0.2) is 0 Å². The highest BCUT2D eigenvalue weighted by atomic mass is 16.3. The van der Waals surface area contributed by atoms with E-state index in [0.717, 1.165) is 25.7 Å². The Hall–Kier alpha value is -1.13. The number of aliphatic hydroxyl groups is 2. The van der Waals surface area contributed by atoms with Gasteiger partial charge in [-0.25, -0.2) is 0 Å². The Labute approximate surface area is 396 Å². The van der Waals surface area contributed by atoms with Crippen LogP contribution in [0.1, 0.15) is 328 Å². The zero-order valence-corrected chi connectivity index (χ0v) is 43.1. The van der Waals surface area contributed by atoms with Gasteiger partial charge in [0.25, 0.3) is 0 Å². The molecule has 0 aliphatic heterocycles. The second kappa shape index (κ2) is 55.2. The van der Waals surface area contributed by atoms with Crippen molar-refractivity contribution in [3.8, 4) is 0 Å². The van der Waals surface area contributed by atoms with Crippen LogP contribution in [0.25, 0.3) is 0 Å². The lowest BCUT2D eigenvalue weighted by Crippen LogP contribution is -2.45. The molecule has 0 aromatic carbocycles. The molecule has 2 unspecified atom stereocenters. The molecule has 63 heavy (non-hydrogen) atoms. The molecule has 0 spiro atoms. The number of carbonyl (C=O) groups is 1. The third kappa shape index (κ3) is 51.7. The molecule has 0 rings (SSSR count). The molecule has 0 saturated carbocycles. The zero-order chi connectivity index (χ0) is 45.6. The van der Waals surface area contributed by atoms with Crippen molar-refractivity contribution in [1.82, 2.24) is 5.32 Å². The first-order valence-corrected chi connectivity index (χ1v) is 29.1. The summed E-state index contributed by atoms with van der Waals surface area (Å²) in [5.74, 6) is -0.0578. The van der Waals surface area contributed by atoms with Crippen LogP contribution in [0.15, 0.2) is 24.3 Å². The van der Waals surface area contributed by atoms with Gasteiger partial charge >= 0.3 is 0 Å². The average Bonchev–Trinajstić information content (AvgIpc) is 3.29. The Morgan fingerprint density at radius 2 is 0.603 bits per heavy atom. The standard InChI is InChI=1S/C59H115NO3/c1-3-5-7-9-11-13-15-17-19-20-21-22-23-24-25-26-27-28-29-30-31-32-33-34-35-36-37-38-39-40-41-43-45-47-49-51-53-55-59(63)60-57(56-61)58(62)54-52-50-48-46-44-42-18-16-14-12-10-8-6-4-2/h20-21,52,54,57-58,61-62H,3-19,22-51,53,55-56H2,1-2H3,(H,60,63)/b21-20-,54-52+. The van der Waals surface area contributed by atoms with Gasteiger partial charge in [-0.15, -0.1) is 0 Å². The van der Waals surface area contributed by atoms with Crippen molar-refractivity contribution in [3.05, 3.63) is 24.3 Å². The summed E-state index contributed by atoms with van der Waals surface area (Å²) in [6.45, 7) is 4.33. The first-order valence-electron chi connectivity index (χ1n) is 29.1. The topological polar surface area (TPSA) is 69.6 Å². The summed E-state index contributed by atoms with van der Waals surface area (Å²) in [4.78, 5) is 12.4. The quantitative estimate of drug-likeness (QED) is 0.0421. The van der Waals surface area contributed by atoms with E-state index >= 15 is 0 Å². The minimum absolute atomic E-state index is 0.0578. The number of amides is 1. The molecule has 4 nitrogen and oxygen atoms in total. The molecule has 0 heterocycles. The van der Waals surface area contributed by atoms with Crippen molar-refractivity contribution < 1.29 is 15.0 Å². The summed E-state index contributed by atoms with van der Waals surface area (Å²) < 4.78 is 0. The summed E-state index contributed by atoms with van der Waals surface area (Å²) in [7, 11) is 0. The zero-order valence-electron chi connectivity index (χ0n) is 43.1. The lowest BCUT2D eigenvalue weighted by molar-refractivity contribution is -0.123. The van der Waals surface area contributed by atoms with E-state index < -0.39 is 12.1 Å². The molecule has 1 amide bonds. The number of unbranched alkanes of at least 4 members (excludes halogenated alkanes) is 45. The molecule has 2 atom stereocenters. The van der Waals surface area contributed by atoms with Crippen LogP contribution in [-0.4, -0.2) is 34.9 Å². The predicted octanol–water partition coefficient (Wildman–Crippen LogP) is 19.1. The monoisotopic (exact) mass is 886 g/mol. The van der Waals surface area contributed by atoms with Crippen molar-refractivity contribution >= 4 is 5.91 Å². The molecular weight excluding hydrogens is 771 g/mol. The van der Waals surface area contributed by atoms with Crippen LogP contribution >= 0.6 is 0 Å². The van der Waals surface area contributed by atoms with Gasteiger partial charge in [0.05, 0.1) is 18.8 Å². The van der Waals surface area contributed by atoms with Crippen LogP contribution in [0, 0.1) is 0 Å². The van der Waals surface area contributed by atoms with E-state index in [1.54, 1.807) is 6.08 Å². The smallest absolute Gasteiger partial charge is 0.220 e. The Morgan fingerprint density at radius 1 is 0.365 bits per heavy atom. The minimum atomic E-state index is -0.835. The molecule has 0 saturated heterocycles. The molecule has 0 aliphatic carbocycles. The average molecular weight is 887 g/mol. The van der Waals surface area contributed by atoms with Gasteiger partial charge in [0.1, 0.15) is 0 Å². The molecule has 0 radical (unpaired) electrons. The molecule has 374 valence electrons. The van der Waals surface area contributed by atoms with Crippen molar-refractivity contribution in [1.29, 1.82) is 0 Å². The lowest BCUT2D eigenvalue weighted by atomic mass is 10.0. The maximum atomic E-state index is 12.4. The maximum absolute atomic E-state index is 12.4. The summed E-state index contributed by atoms with van der Waals surface area (Å²) in [5, 5.41) is 23.1. The van der Waals surface area contributed by atoms with E-state index in [1.807, 2.05) is 6.08 Å². The predicted molar refractivity (Wildman–Crippen MR) is 281 cm³/mol. The minimum Gasteiger partial charge on any atom is -0.394 e. The van der Waals surface area contributed by atoms with Crippen molar-refractivity contribution in [3.63, 3.8) is 0 Å². The highest BCUT2D eigenvalue weighted by molar-refractivity contribution is 5.76. The van der Waals surface area contributed by atoms with Crippen molar-refractivity contribution in [2.24, 2.45) is 0 Å². The molecule has 0 aliphatic rings. The van der Waals surface area contributed by atoms with E-state index in [-0.39, 0.29) is 12.5 Å². The van der Waals surface area contributed by atoms with Gasteiger partial charge < -0.3 is 15.5 Å². The third-order valence-electron chi connectivity index (χ3n) is 13.7. The number of carbonyl (C=O) groups excluding carboxylic acids is 1. The number of aliphatic hydroxyl groups excluding tert-OH is 2. The second-order valence-electron chi connectivity index (χ2n) is 20.1. The fourth-order valence-corrected chi connectivity index (χ4v) is 9.24. The van der Waals surface area contributed by atoms with Gasteiger partial charge in [-0.05, 0) is 44.9 Å². The van der Waals surface area contributed by atoms with E-state index in [4.69, 9.17) is 0 Å². The summed E-state index contributed by atoms with van der Waals surface area (Å²) in [6.07, 6.45) is 73.6. The van der Waals surface area contributed by atoms with Gasteiger partial charge in [-0.3, -0.25) is 4.79 Å². The Kier molecular flexibility index (Phi) is 54.2. The number of rotatable bonds is 54. The number of hydrogen-bond donors (Lipinski definition) is 3.